The third-order valence-corrected chi connectivity index (χ3v) is 5.10. The minimum atomic E-state index is -0.596. The van der Waals surface area contributed by atoms with Gasteiger partial charge in [-0.1, -0.05) is 59.9 Å². The fourth-order valence-electron chi connectivity index (χ4n) is 2.80. The normalized spacial score (nSPS) is 11.7. The van der Waals surface area contributed by atoms with Crippen LogP contribution >= 0.6 is 34.8 Å². The smallest absolute Gasteiger partial charge is 0.242 e. The Kier molecular flexibility index (Phi) is 7.96. The molecule has 0 fully saturated rings. The molecule has 0 heterocycles. The SMILES string of the molecule is CC[C@@H](C(=O)NC)N(Cc1ccc(Cl)cc1Cl)C(=O)Cc1ccc(Cl)cc1. The van der Waals surface area contributed by atoms with E-state index in [-0.39, 0.29) is 24.8 Å². The highest BCUT2D eigenvalue weighted by molar-refractivity contribution is 6.35. The summed E-state index contributed by atoms with van der Waals surface area (Å²) in [6, 6.07) is 11.6. The summed E-state index contributed by atoms with van der Waals surface area (Å²) in [5.74, 6) is -0.383. The molecule has 144 valence electrons. The minimum absolute atomic E-state index is 0.163. The molecule has 7 heteroatoms. The van der Waals surface area contributed by atoms with Gasteiger partial charge in [-0.3, -0.25) is 9.59 Å². The van der Waals surface area contributed by atoms with Crippen LogP contribution in [0.5, 0.6) is 0 Å². The number of benzene rings is 2. The number of hydrogen-bond acceptors (Lipinski definition) is 2. The van der Waals surface area contributed by atoms with Crippen molar-refractivity contribution in [2.24, 2.45) is 0 Å². The van der Waals surface area contributed by atoms with Crippen LogP contribution in [0.4, 0.5) is 0 Å². The molecule has 0 radical (unpaired) electrons. The molecule has 0 aliphatic rings. The summed E-state index contributed by atoms with van der Waals surface area (Å²) in [5, 5.41) is 4.20. The average molecular weight is 428 g/mol. The predicted molar refractivity (Wildman–Crippen MR) is 110 cm³/mol. The second-order valence-electron chi connectivity index (χ2n) is 6.10. The van der Waals surface area contributed by atoms with Gasteiger partial charge in [0.1, 0.15) is 6.04 Å². The third-order valence-electron chi connectivity index (χ3n) is 4.26. The van der Waals surface area contributed by atoms with Gasteiger partial charge >= 0.3 is 0 Å². The highest BCUT2D eigenvalue weighted by Gasteiger charge is 2.28. The number of amides is 2. The maximum atomic E-state index is 13.0. The summed E-state index contributed by atoms with van der Waals surface area (Å²) in [4.78, 5) is 26.9. The molecule has 0 saturated heterocycles. The molecule has 2 aromatic carbocycles. The largest absolute Gasteiger partial charge is 0.357 e. The maximum absolute atomic E-state index is 13.0. The molecule has 4 nitrogen and oxygen atoms in total. The van der Waals surface area contributed by atoms with Crippen molar-refractivity contribution in [3.05, 3.63) is 68.7 Å². The number of rotatable bonds is 7. The Morgan fingerprint density at radius 1 is 1.04 bits per heavy atom. The lowest BCUT2D eigenvalue weighted by Crippen LogP contribution is -2.48. The van der Waals surface area contributed by atoms with E-state index in [1.165, 1.54) is 0 Å². The highest BCUT2D eigenvalue weighted by atomic mass is 35.5. The summed E-state index contributed by atoms with van der Waals surface area (Å²) >= 11 is 18.1. The zero-order valence-electron chi connectivity index (χ0n) is 15.1. The van der Waals surface area contributed by atoms with Crippen molar-refractivity contribution in [3.8, 4) is 0 Å². The molecule has 2 amide bonds. The summed E-state index contributed by atoms with van der Waals surface area (Å²) in [6.07, 6.45) is 0.646. The number of likely N-dealkylation sites (N-methyl/N-ethyl adjacent to an activating group) is 1. The molecule has 0 aromatic heterocycles. The molecule has 2 rings (SSSR count). The van der Waals surface area contributed by atoms with Crippen LogP contribution in [0.3, 0.4) is 0 Å². The summed E-state index contributed by atoms with van der Waals surface area (Å²) in [7, 11) is 1.56. The van der Waals surface area contributed by atoms with Crippen molar-refractivity contribution in [2.75, 3.05) is 7.05 Å². The van der Waals surface area contributed by atoms with E-state index in [9.17, 15) is 9.59 Å². The Hall–Kier alpha value is -1.75. The van der Waals surface area contributed by atoms with E-state index in [4.69, 9.17) is 34.8 Å². The predicted octanol–water partition coefficient (Wildman–Crippen LogP) is 4.74. The van der Waals surface area contributed by atoms with Crippen LogP contribution in [0.2, 0.25) is 15.1 Å². The number of halogens is 3. The minimum Gasteiger partial charge on any atom is -0.357 e. The van der Waals surface area contributed by atoms with Crippen molar-refractivity contribution in [3.63, 3.8) is 0 Å². The molecule has 0 aliphatic heterocycles. The van der Waals surface area contributed by atoms with Gasteiger partial charge in [-0.05, 0) is 41.8 Å². The van der Waals surface area contributed by atoms with Gasteiger partial charge in [-0.15, -0.1) is 0 Å². The molecule has 0 saturated carbocycles. The second kappa shape index (κ2) is 9.98. The number of hydrogen-bond donors (Lipinski definition) is 1. The quantitative estimate of drug-likeness (QED) is 0.693. The van der Waals surface area contributed by atoms with E-state index in [0.29, 0.717) is 21.5 Å². The Bertz CT molecular complexity index is 809. The summed E-state index contributed by atoms with van der Waals surface area (Å²) < 4.78 is 0. The van der Waals surface area contributed by atoms with E-state index < -0.39 is 6.04 Å². The second-order valence-corrected chi connectivity index (χ2v) is 7.38. The lowest BCUT2D eigenvalue weighted by atomic mass is 10.1. The number of nitrogens with zero attached hydrogens (tertiary/aromatic N) is 1. The van der Waals surface area contributed by atoms with E-state index in [0.717, 1.165) is 11.1 Å². The van der Waals surface area contributed by atoms with Gasteiger partial charge in [0.2, 0.25) is 11.8 Å². The number of carbonyl (C=O) groups is 2. The van der Waals surface area contributed by atoms with Gasteiger partial charge in [0, 0.05) is 28.7 Å². The molecular weight excluding hydrogens is 407 g/mol. The number of carbonyl (C=O) groups excluding carboxylic acids is 2. The van der Waals surface area contributed by atoms with Crippen molar-refractivity contribution >= 4 is 46.6 Å². The van der Waals surface area contributed by atoms with Crippen LogP contribution < -0.4 is 5.32 Å². The van der Waals surface area contributed by atoms with Gasteiger partial charge in [-0.25, -0.2) is 0 Å². The van der Waals surface area contributed by atoms with Crippen LogP contribution in [0.15, 0.2) is 42.5 Å². The van der Waals surface area contributed by atoms with Crippen molar-refractivity contribution < 1.29 is 9.59 Å². The molecule has 1 N–H and O–H groups in total. The van der Waals surface area contributed by atoms with Crippen molar-refractivity contribution in [1.82, 2.24) is 10.2 Å². The molecule has 0 spiro atoms. The first-order chi connectivity index (χ1) is 12.8. The molecule has 0 bridgehead atoms. The zero-order chi connectivity index (χ0) is 20.0. The third kappa shape index (κ3) is 5.86. The van der Waals surface area contributed by atoms with Crippen LogP contribution in [-0.2, 0) is 22.6 Å². The average Bonchev–Trinajstić information content (AvgIpc) is 2.64. The first-order valence-corrected chi connectivity index (χ1v) is 9.68. The fourth-order valence-corrected chi connectivity index (χ4v) is 3.39. The molecule has 2 aromatic rings. The zero-order valence-corrected chi connectivity index (χ0v) is 17.4. The van der Waals surface area contributed by atoms with E-state index >= 15 is 0 Å². The van der Waals surface area contributed by atoms with Crippen LogP contribution in [0, 0.1) is 0 Å². The summed E-state index contributed by atoms with van der Waals surface area (Å²) in [5.41, 5.74) is 1.55. The van der Waals surface area contributed by atoms with E-state index in [2.05, 4.69) is 5.32 Å². The first-order valence-electron chi connectivity index (χ1n) is 8.55. The highest BCUT2D eigenvalue weighted by Crippen LogP contribution is 2.24. The fraction of sp³-hybridized carbons (Fsp3) is 0.300. The Labute approximate surface area is 174 Å². The number of nitrogens with one attached hydrogen (secondary N) is 1. The van der Waals surface area contributed by atoms with Gasteiger partial charge < -0.3 is 10.2 Å². The summed E-state index contributed by atoms with van der Waals surface area (Å²) in [6.45, 7) is 2.08. The van der Waals surface area contributed by atoms with Gasteiger partial charge in [-0.2, -0.15) is 0 Å². The van der Waals surface area contributed by atoms with Crippen molar-refractivity contribution in [2.45, 2.75) is 32.4 Å². The van der Waals surface area contributed by atoms with E-state index in [1.807, 2.05) is 6.92 Å². The van der Waals surface area contributed by atoms with Crippen molar-refractivity contribution in [1.29, 1.82) is 0 Å². The molecular formula is C20H21Cl3N2O2. The standard InChI is InChI=1S/C20H21Cl3N2O2/c1-3-18(20(27)24-2)25(12-14-6-9-16(22)11-17(14)23)19(26)10-13-4-7-15(21)8-5-13/h4-9,11,18H,3,10,12H2,1-2H3,(H,24,27)/t18-/m0/s1. The molecule has 0 aliphatic carbocycles. The Morgan fingerprint density at radius 2 is 1.67 bits per heavy atom. The van der Waals surface area contributed by atoms with Gasteiger partial charge in [0.15, 0.2) is 0 Å². The first kappa shape index (κ1) is 21.5. The topological polar surface area (TPSA) is 49.4 Å². The Morgan fingerprint density at radius 3 is 2.22 bits per heavy atom. The van der Waals surface area contributed by atoms with Crippen LogP contribution in [-0.4, -0.2) is 29.8 Å². The molecule has 1 atom stereocenters. The lowest BCUT2D eigenvalue weighted by molar-refractivity contribution is -0.140. The van der Waals surface area contributed by atoms with Gasteiger partial charge in [0.05, 0.1) is 6.42 Å². The molecule has 0 unspecified atom stereocenters. The monoisotopic (exact) mass is 426 g/mol. The van der Waals surface area contributed by atoms with Crippen LogP contribution in [0.1, 0.15) is 24.5 Å². The van der Waals surface area contributed by atoms with Gasteiger partial charge in [0.25, 0.3) is 0 Å². The maximum Gasteiger partial charge on any atom is 0.242 e. The Balaban J connectivity index is 2.31. The lowest BCUT2D eigenvalue weighted by Gasteiger charge is -2.30. The molecule has 27 heavy (non-hydrogen) atoms. The van der Waals surface area contributed by atoms with Crippen LogP contribution in [0.25, 0.3) is 0 Å². The van der Waals surface area contributed by atoms with E-state index in [1.54, 1.807) is 54.4 Å².